The highest BCUT2D eigenvalue weighted by molar-refractivity contribution is 6.01. The van der Waals surface area contributed by atoms with Gasteiger partial charge in [0.15, 0.2) is 5.76 Å². The molecule has 2 aromatic rings. The maximum Gasteiger partial charge on any atom is 0.258 e. The predicted octanol–water partition coefficient (Wildman–Crippen LogP) is 1.77. The number of aromatic nitrogens is 1. The Labute approximate surface area is 128 Å². The summed E-state index contributed by atoms with van der Waals surface area (Å²) in [7, 11) is 1.56. The number of amides is 1. The standard InChI is InChI=1S/C16H16N2O4/c1-4-9-17-16(20)13-14(18-22-15(13)10(2)19)11-5-7-12(21-3)8-6-11/h1,5-8,10,19H,9H2,2-3H3,(H,17,20). The molecule has 6 heteroatoms. The number of nitrogens with one attached hydrogen (secondary N) is 1. The van der Waals surface area contributed by atoms with Crippen LogP contribution in [0.1, 0.15) is 29.1 Å². The predicted molar refractivity (Wildman–Crippen MR) is 80.3 cm³/mol. The van der Waals surface area contributed by atoms with E-state index in [0.29, 0.717) is 17.0 Å². The van der Waals surface area contributed by atoms with Gasteiger partial charge in [-0.25, -0.2) is 0 Å². The second-order valence-electron chi connectivity index (χ2n) is 4.56. The van der Waals surface area contributed by atoms with Gasteiger partial charge >= 0.3 is 0 Å². The van der Waals surface area contributed by atoms with Crippen LogP contribution in [0.15, 0.2) is 28.8 Å². The molecule has 6 nitrogen and oxygen atoms in total. The molecule has 1 heterocycles. The molecule has 0 saturated heterocycles. The molecule has 1 unspecified atom stereocenters. The molecule has 0 aliphatic carbocycles. The van der Waals surface area contributed by atoms with E-state index in [0.717, 1.165) is 0 Å². The van der Waals surface area contributed by atoms with Gasteiger partial charge in [-0.15, -0.1) is 6.42 Å². The summed E-state index contributed by atoms with van der Waals surface area (Å²) in [5, 5.41) is 16.2. The summed E-state index contributed by atoms with van der Waals surface area (Å²) >= 11 is 0. The van der Waals surface area contributed by atoms with Gasteiger partial charge in [-0.2, -0.15) is 0 Å². The Hall–Kier alpha value is -2.78. The average molecular weight is 300 g/mol. The Balaban J connectivity index is 2.46. The number of methoxy groups -OCH3 is 1. The molecule has 1 aromatic heterocycles. The molecule has 114 valence electrons. The van der Waals surface area contributed by atoms with Gasteiger partial charge in [-0.3, -0.25) is 4.79 Å². The highest BCUT2D eigenvalue weighted by Gasteiger charge is 2.26. The van der Waals surface area contributed by atoms with Gasteiger partial charge in [0.25, 0.3) is 5.91 Å². The Morgan fingerprint density at radius 1 is 1.50 bits per heavy atom. The van der Waals surface area contributed by atoms with Gasteiger partial charge in [0.2, 0.25) is 0 Å². The number of nitrogens with zero attached hydrogens (tertiary/aromatic N) is 1. The van der Waals surface area contributed by atoms with Gasteiger partial charge in [-0.1, -0.05) is 11.1 Å². The molecule has 0 saturated carbocycles. The normalized spacial score (nSPS) is 11.5. The molecule has 22 heavy (non-hydrogen) atoms. The van der Waals surface area contributed by atoms with E-state index in [1.54, 1.807) is 31.4 Å². The van der Waals surface area contributed by atoms with Gasteiger partial charge in [0.05, 0.1) is 13.7 Å². The van der Waals surface area contributed by atoms with E-state index in [-0.39, 0.29) is 17.9 Å². The van der Waals surface area contributed by atoms with E-state index in [1.165, 1.54) is 6.92 Å². The summed E-state index contributed by atoms with van der Waals surface area (Å²) in [6.07, 6.45) is 4.18. The first-order valence-electron chi connectivity index (χ1n) is 6.62. The lowest BCUT2D eigenvalue weighted by atomic mass is 10.0. The summed E-state index contributed by atoms with van der Waals surface area (Å²) in [6.45, 7) is 1.57. The summed E-state index contributed by atoms with van der Waals surface area (Å²) < 4.78 is 10.2. The minimum Gasteiger partial charge on any atom is -0.497 e. The van der Waals surface area contributed by atoms with Crippen molar-refractivity contribution in [2.45, 2.75) is 13.0 Å². The number of carbonyl (C=O) groups is 1. The molecule has 1 aromatic carbocycles. The average Bonchev–Trinajstić information content (AvgIpc) is 2.98. The Bertz CT molecular complexity index is 696. The molecule has 2 rings (SSSR count). The number of benzene rings is 1. The number of aliphatic hydroxyl groups is 1. The number of ether oxygens (including phenoxy) is 1. The maximum atomic E-state index is 12.3. The number of terminal acetylenes is 1. The molecule has 1 amide bonds. The Kier molecular flexibility index (Phi) is 4.81. The zero-order valence-corrected chi connectivity index (χ0v) is 12.3. The van der Waals surface area contributed by atoms with Crippen molar-refractivity contribution in [1.29, 1.82) is 0 Å². The fourth-order valence-electron chi connectivity index (χ4n) is 1.97. The SMILES string of the molecule is C#CCNC(=O)c1c(-c2ccc(OC)cc2)noc1C(C)O. The maximum absolute atomic E-state index is 12.3. The zero-order valence-electron chi connectivity index (χ0n) is 12.3. The lowest BCUT2D eigenvalue weighted by molar-refractivity contribution is 0.0946. The molecule has 0 bridgehead atoms. The Morgan fingerprint density at radius 3 is 2.73 bits per heavy atom. The van der Waals surface area contributed by atoms with Crippen molar-refractivity contribution in [1.82, 2.24) is 10.5 Å². The summed E-state index contributed by atoms with van der Waals surface area (Å²) in [6, 6.07) is 6.99. The molecule has 0 spiro atoms. The van der Waals surface area contributed by atoms with Crippen LogP contribution in [-0.4, -0.2) is 29.8 Å². The number of hydrogen-bond donors (Lipinski definition) is 2. The van der Waals surface area contributed by atoms with Crippen molar-refractivity contribution < 1.29 is 19.2 Å². The summed E-state index contributed by atoms with van der Waals surface area (Å²) in [5.41, 5.74) is 1.19. The monoisotopic (exact) mass is 300 g/mol. The van der Waals surface area contributed by atoms with E-state index in [1.807, 2.05) is 0 Å². The second-order valence-corrected chi connectivity index (χ2v) is 4.56. The van der Waals surface area contributed by atoms with Crippen molar-refractivity contribution in [3.8, 4) is 29.4 Å². The first-order valence-corrected chi connectivity index (χ1v) is 6.62. The van der Waals surface area contributed by atoms with Crippen LogP contribution in [-0.2, 0) is 0 Å². The summed E-state index contributed by atoms with van der Waals surface area (Å²) in [5.74, 6) is 2.66. The third-order valence-electron chi connectivity index (χ3n) is 3.04. The van der Waals surface area contributed by atoms with Gasteiger partial charge < -0.3 is 19.7 Å². The zero-order chi connectivity index (χ0) is 16.1. The lowest BCUT2D eigenvalue weighted by Crippen LogP contribution is -2.25. The topological polar surface area (TPSA) is 84.6 Å². The first kappa shape index (κ1) is 15.6. The molecule has 2 N–H and O–H groups in total. The van der Waals surface area contributed by atoms with Crippen LogP contribution in [0.4, 0.5) is 0 Å². The number of aliphatic hydroxyl groups excluding tert-OH is 1. The Morgan fingerprint density at radius 2 is 2.18 bits per heavy atom. The molecule has 0 aliphatic heterocycles. The first-order chi connectivity index (χ1) is 10.6. The van der Waals surface area contributed by atoms with E-state index >= 15 is 0 Å². The lowest BCUT2D eigenvalue weighted by Gasteiger charge is -2.06. The van der Waals surface area contributed by atoms with Crippen LogP contribution in [0.3, 0.4) is 0 Å². The van der Waals surface area contributed by atoms with Crippen LogP contribution >= 0.6 is 0 Å². The van der Waals surface area contributed by atoms with Crippen LogP contribution in [0.2, 0.25) is 0 Å². The fraction of sp³-hybridized carbons (Fsp3) is 0.250. The van der Waals surface area contributed by atoms with Crippen LogP contribution < -0.4 is 10.1 Å². The quantitative estimate of drug-likeness (QED) is 0.822. The highest BCUT2D eigenvalue weighted by Crippen LogP contribution is 2.30. The minimum absolute atomic E-state index is 0.0747. The highest BCUT2D eigenvalue weighted by atomic mass is 16.5. The third kappa shape index (κ3) is 3.10. The van der Waals surface area contributed by atoms with Gasteiger partial charge in [0.1, 0.15) is 23.1 Å². The van der Waals surface area contributed by atoms with Crippen molar-refractivity contribution in [2.24, 2.45) is 0 Å². The van der Waals surface area contributed by atoms with Gasteiger partial charge in [0, 0.05) is 5.56 Å². The van der Waals surface area contributed by atoms with Crippen molar-refractivity contribution >= 4 is 5.91 Å². The third-order valence-corrected chi connectivity index (χ3v) is 3.04. The largest absolute Gasteiger partial charge is 0.497 e. The van der Waals surface area contributed by atoms with Crippen molar-refractivity contribution in [2.75, 3.05) is 13.7 Å². The molecule has 1 atom stereocenters. The second kappa shape index (κ2) is 6.78. The smallest absolute Gasteiger partial charge is 0.258 e. The molecule has 0 fully saturated rings. The van der Waals surface area contributed by atoms with Crippen LogP contribution in [0.5, 0.6) is 5.75 Å². The fourth-order valence-corrected chi connectivity index (χ4v) is 1.97. The van der Waals surface area contributed by atoms with Crippen LogP contribution in [0, 0.1) is 12.3 Å². The number of rotatable bonds is 5. The van der Waals surface area contributed by atoms with Gasteiger partial charge in [-0.05, 0) is 31.2 Å². The molecular formula is C16H16N2O4. The molecular weight excluding hydrogens is 284 g/mol. The number of carbonyl (C=O) groups excluding carboxylic acids is 1. The minimum atomic E-state index is -0.967. The molecule has 0 aliphatic rings. The van der Waals surface area contributed by atoms with Crippen LogP contribution in [0.25, 0.3) is 11.3 Å². The number of hydrogen-bond acceptors (Lipinski definition) is 5. The summed E-state index contributed by atoms with van der Waals surface area (Å²) in [4.78, 5) is 12.3. The van der Waals surface area contributed by atoms with E-state index in [2.05, 4.69) is 16.4 Å². The van der Waals surface area contributed by atoms with Crippen molar-refractivity contribution in [3.63, 3.8) is 0 Å². The van der Waals surface area contributed by atoms with Crippen molar-refractivity contribution in [3.05, 3.63) is 35.6 Å². The van der Waals surface area contributed by atoms with E-state index in [4.69, 9.17) is 15.7 Å². The molecule has 0 radical (unpaired) electrons. The van der Waals surface area contributed by atoms with E-state index < -0.39 is 12.0 Å². The van der Waals surface area contributed by atoms with E-state index in [9.17, 15) is 9.90 Å².